The summed E-state index contributed by atoms with van der Waals surface area (Å²) in [4.78, 5) is 20.9. The van der Waals surface area contributed by atoms with Crippen LogP contribution in [0.4, 0.5) is 11.5 Å². The van der Waals surface area contributed by atoms with E-state index in [0.29, 0.717) is 23.8 Å². The molecule has 27 heavy (non-hydrogen) atoms. The molecule has 0 spiro atoms. The van der Waals surface area contributed by atoms with Gasteiger partial charge in [0.15, 0.2) is 0 Å². The Labute approximate surface area is 159 Å². The van der Waals surface area contributed by atoms with Crippen LogP contribution in [0.15, 0.2) is 61.1 Å². The molecule has 3 aromatic rings. The van der Waals surface area contributed by atoms with Gasteiger partial charge in [-0.3, -0.25) is 9.78 Å². The number of aromatic nitrogens is 2. The molecule has 2 N–H and O–H groups in total. The van der Waals surface area contributed by atoms with E-state index in [4.69, 9.17) is 0 Å². The fourth-order valence-electron chi connectivity index (χ4n) is 2.90. The summed E-state index contributed by atoms with van der Waals surface area (Å²) in [6.07, 6.45) is 5.10. The van der Waals surface area contributed by atoms with Crippen LogP contribution in [-0.2, 0) is 6.54 Å². The van der Waals surface area contributed by atoms with Crippen molar-refractivity contribution >= 4 is 17.4 Å². The number of para-hydroxylation sites is 1. The van der Waals surface area contributed by atoms with Crippen LogP contribution in [0, 0.1) is 6.92 Å². The van der Waals surface area contributed by atoms with Gasteiger partial charge in [0.05, 0.1) is 0 Å². The normalized spacial score (nSPS) is 10.7. The summed E-state index contributed by atoms with van der Waals surface area (Å²) in [5, 5.41) is 6.30. The van der Waals surface area contributed by atoms with Gasteiger partial charge in [0.25, 0.3) is 5.91 Å². The van der Waals surface area contributed by atoms with Crippen molar-refractivity contribution in [2.45, 2.75) is 33.2 Å². The first-order valence-electron chi connectivity index (χ1n) is 9.04. The molecule has 0 saturated carbocycles. The van der Waals surface area contributed by atoms with Gasteiger partial charge in [-0.15, -0.1) is 0 Å². The lowest BCUT2D eigenvalue weighted by Crippen LogP contribution is -2.23. The maximum Gasteiger partial charge on any atom is 0.251 e. The van der Waals surface area contributed by atoms with Gasteiger partial charge in [-0.25, -0.2) is 4.98 Å². The van der Waals surface area contributed by atoms with Gasteiger partial charge in [0.1, 0.15) is 5.82 Å². The van der Waals surface area contributed by atoms with Crippen molar-refractivity contribution in [2.24, 2.45) is 0 Å². The van der Waals surface area contributed by atoms with E-state index in [1.807, 2.05) is 12.1 Å². The van der Waals surface area contributed by atoms with E-state index in [9.17, 15) is 4.79 Å². The van der Waals surface area contributed by atoms with Crippen molar-refractivity contribution in [1.29, 1.82) is 0 Å². The van der Waals surface area contributed by atoms with Crippen LogP contribution < -0.4 is 10.6 Å². The monoisotopic (exact) mass is 360 g/mol. The number of carbonyl (C=O) groups excluding carboxylic acids is 1. The number of benzene rings is 1. The van der Waals surface area contributed by atoms with Gasteiger partial charge in [-0.05, 0) is 47.7 Å². The zero-order chi connectivity index (χ0) is 19.2. The zero-order valence-electron chi connectivity index (χ0n) is 15.9. The molecule has 3 rings (SSSR count). The summed E-state index contributed by atoms with van der Waals surface area (Å²) < 4.78 is 0. The van der Waals surface area contributed by atoms with E-state index >= 15 is 0 Å². The second kappa shape index (κ2) is 8.45. The van der Waals surface area contributed by atoms with Crippen LogP contribution in [0.3, 0.4) is 0 Å². The molecule has 0 unspecified atom stereocenters. The summed E-state index contributed by atoms with van der Waals surface area (Å²) >= 11 is 0. The molecule has 0 saturated heterocycles. The number of rotatable bonds is 6. The molecular weight excluding hydrogens is 336 g/mol. The molecule has 1 aromatic carbocycles. The average molecular weight is 360 g/mol. The minimum atomic E-state index is -0.141. The van der Waals surface area contributed by atoms with Crippen LogP contribution in [0.25, 0.3) is 0 Å². The van der Waals surface area contributed by atoms with Gasteiger partial charge in [0.2, 0.25) is 0 Å². The van der Waals surface area contributed by atoms with Gasteiger partial charge < -0.3 is 10.6 Å². The summed E-state index contributed by atoms with van der Waals surface area (Å²) in [6, 6.07) is 13.5. The number of hydrogen-bond donors (Lipinski definition) is 2. The molecule has 0 atom stereocenters. The molecule has 5 heteroatoms. The molecular formula is C22H24N4O. The van der Waals surface area contributed by atoms with Crippen LogP contribution in [-0.4, -0.2) is 15.9 Å². The standard InChI is InChI=1S/C22H24N4O/c1-15(2)19-8-4-6-16(3)21(19)26-20-12-18(9-11-24-20)22(27)25-14-17-7-5-10-23-13-17/h4-13,15H,14H2,1-3H3,(H,24,26)(H,25,27). The zero-order valence-corrected chi connectivity index (χ0v) is 15.9. The Morgan fingerprint density at radius 3 is 2.70 bits per heavy atom. The Morgan fingerprint density at radius 2 is 1.96 bits per heavy atom. The fourth-order valence-corrected chi connectivity index (χ4v) is 2.90. The van der Waals surface area contributed by atoms with Crippen molar-refractivity contribution < 1.29 is 4.79 Å². The molecule has 1 amide bonds. The Bertz CT molecular complexity index is 923. The van der Waals surface area contributed by atoms with Gasteiger partial charge in [0, 0.05) is 36.4 Å². The minimum Gasteiger partial charge on any atom is -0.348 e. The summed E-state index contributed by atoms with van der Waals surface area (Å²) in [6.45, 7) is 6.83. The quantitative estimate of drug-likeness (QED) is 0.675. The third kappa shape index (κ3) is 4.70. The van der Waals surface area contributed by atoms with Crippen molar-refractivity contribution in [3.8, 4) is 0 Å². The van der Waals surface area contributed by atoms with Crippen LogP contribution >= 0.6 is 0 Å². The van der Waals surface area contributed by atoms with Crippen molar-refractivity contribution in [2.75, 3.05) is 5.32 Å². The maximum atomic E-state index is 12.5. The highest BCUT2D eigenvalue weighted by molar-refractivity contribution is 5.94. The summed E-state index contributed by atoms with van der Waals surface area (Å²) in [7, 11) is 0. The third-order valence-electron chi connectivity index (χ3n) is 4.38. The lowest BCUT2D eigenvalue weighted by atomic mass is 9.98. The first-order valence-corrected chi connectivity index (χ1v) is 9.04. The number of nitrogens with one attached hydrogen (secondary N) is 2. The predicted molar refractivity (Wildman–Crippen MR) is 108 cm³/mol. The van der Waals surface area contributed by atoms with E-state index in [1.165, 1.54) is 5.56 Å². The number of hydrogen-bond acceptors (Lipinski definition) is 4. The summed E-state index contributed by atoms with van der Waals surface area (Å²) in [5.41, 5.74) is 4.95. The van der Waals surface area contributed by atoms with Crippen molar-refractivity contribution in [3.63, 3.8) is 0 Å². The van der Waals surface area contributed by atoms with Gasteiger partial charge in [-0.2, -0.15) is 0 Å². The van der Waals surface area contributed by atoms with E-state index in [1.54, 1.807) is 30.7 Å². The molecule has 5 nitrogen and oxygen atoms in total. The van der Waals surface area contributed by atoms with E-state index in [2.05, 4.69) is 59.6 Å². The average Bonchev–Trinajstić information content (AvgIpc) is 2.68. The number of nitrogens with zero attached hydrogens (tertiary/aromatic N) is 2. The van der Waals surface area contributed by atoms with E-state index in [-0.39, 0.29) is 5.91 Å². The molecule has 138 valence electrons. The molecule has 0 aliphatic rings. The molecule has 0 radical (unpaired) electrons. The lowest BCUT2D eigenvalue weighted by molar-refractivity contribution is 0.0951. The number of pyridine rings is 2. The molecule has 0 fully saturated rings. The van der Waals surface area contributed by atoms with Crippen LogP contribution in [0.5, 0.6) is 0 Å². The largest absolute Gasteiger partial charge is 0.348 e. The fraction of sp³-hybridized carbons (Fsp3) is 0.227. The van der Waals surface area contributed by atoms with Crippen molar-refractivity contribution in [1.82, 2.24) is 15.3 Å². The first-order chi connectivity index (χ1) is 13.0. The molecule has 2 aromatic heterocycles. The highest BCUT2D eigenvalue weighted by Crippen LogP contribution is 2.29. The summed E-state index contributed by atoms with van der Waals surface area (Å²) in [5.74, 6) is 0.900. The predicted octanol–water partition coefficient (Wildman–Crippen LogP) is 4.58. The third-order valence-corrected chi connectivity index (χ3v) is 4.38. The van der Waals surface area contributed by atoms with E-state index < -0.39 is 0 Å². The molecule has 0 aliphatic heterocycles. The maximum absolute atomic E-state index is 12.5. The molecule has 0 aliphatic carbocycles. The van der Waals surface area contributed by atoms with Crippen LogP contribution in [0.2, 0.25) is 0 Å². The highest BCUT2D eigenvalue weighted by Gasteiger charge is 2.11. The van der Waals surface area contributed by atoms with Crippen molar-refractivity contribution in [3.05, 3.63) is 83.3 Å². The lowest BCUT2D eigenvalue weighted by Gasteiger charge is -2.17. The molecule has 0 bridgehead atoms. The SMILES string of the molecule is Cc1cccc(C(C)C)c1Nc1cc(C(=O)NCc2cccnc2)ccn1. The van der Waals surface area contributed by atoms with Gasteiger partial charge >= 0.3 is 0 Å². The highest BCUT2D eigenvalue weighted by atomic mass is 16.1. The second-order valence-corrected chi connectivity index (χ2v) is 6.79. The Balaban J connectivity index is 1.75. The number of amides is 1. The van der Waals surface area contributed by atoms with Gasteiger partial charge in [-0.1, -0.05) is 38.1 Å². The number of aryl methyl sites for hydroxylation is 1. The van der Waals surface area contributed by atoms with E-state index in [0.717, 1.165) is 16.8 Å². The smallest absolute Gasteiger partial charge is 0.251 e. The Kier molecular flexibility index (Phi) is 5.81. The Hall–Kier alpha value is -3.21. The van der Waals surface area contributed by atoms with Crippen LogP contribution in [0.1, 0.15) is 46.8 Å². The number of anilines is 2. The molecule has 2 heterocycles. The minimum absolute atomic E-state index is 0.141. The second-order valence-electron chi connectivity index (χ2n) is 6.79. The topological polar surface area (TPSA) is 66.9 Å². The Morgan fingerprint density at radius 1 is 1.11 bits per heavy atom. The number of carbonyl (C=O) groups is 1. The first kappa shape index (κ1) is 18.6.